The van der Waals surface area contributed by atoms with E-state index in [0.717, 1.165) is 5.39 Å². The third-order valence-electron chi connectivity index (χ3n) is 3.48. The number of nitrogens with zero attached hydrogens (tertiary/aromatic N) is 2. The highest BCUT2D eigenvalue weighted by Crippen LogP contribution is 2.36. The van der Waals surface area contributed by atoms with Gasteiger partial charge in [0.15, 0.2) is 11.5 Å². The van der Waals surface area contributed by atoms with Gasteiger partial charge in [0.25, 0.3) is 0 Å². The summed E-state index contributed by atoms with van der Waals surface area (Å²) in [5, 5.41) is 3.74. The van der Waals surface area contributed by atoms with Crippen molar-refractivity contribution in [3.8, 4) is 11.5 Å². The summed E-state index contributed by atoms with van der Waals surface area (Å²) in [7, 11) is 0. The van der Waals surface area contributed by atoms with Gasteiger partial charge >= 0.3 is 0 Å². The lowest BCUT2D eigenvalue weighted by Gasteiger charge is -2.19. The molecule has 0 saturated carbocycles. The first-order chi connectivity index (χ1) is 11.2. The predicted molar refractivity (Wildman–Crippen MR) is 87.9 cm³/mol. The van der Waals surface area contributed by atoms with E-state index in [2.05, 4.69) is 31.2 Å². The van der Waals surface area contributed by atoms with E-state index < -0.39 is 0 Å². The highest BCUT2D eigenvalue weighted by atomic mass is 79.9. The first kappa shape index (κ1) is 14.2. The van der Waals surface area contributed by atoms with Gasteiger partial charge in [-0.15, -0.1) is 0 Å². The molecule has 0 bridgehead atoms. The molecule has 2 heterocycles. The maximum Gasteiger partial charge on any atom is 0.163 e. The first-order valence-electron chi connectivity index (χ1n) is 6.97. The lowest BCUT2D eigenvalue weighted by molar-refractivity contribution is 0.172. The predicted octanol–water partition coefficient (Wildman–Crippen LogP) is 4.05. The van der Waals surface area contributed by atoms with Crippen LogP contribution in [0.5, 0.6) is 11.5 Å². The molecule has 0 fully saturated rings. The Morgan fingerprint density at radius 2 is 1.83 bits per heavy atom. The van der Waals surface area contributed by atoms with Crippen LogP contribution in [-0.2, 0) is 0 Å². The quantitative estimate of drug-likeness (QED) is 0.732. The highest BCUT2D eigenvalue weighted by molar-refractivity contribution is 9.10. The molecule has 3 aromatic rings. The Hall–Kier alpha value is -2.41. The van der Waals surface area contributed by atoms with Crippen molar-refractivity contribution >= 4 is 38.3 Å². The summed E-state index contributed by atoms with van der Waals surface area (Å²) in [6.07, 6.45) is 1.43. The second-order valence-electron chi connectivity index (χ2n) is 4.98. The van der Waals surface area contributed by atoms with Gasteiger partial charge in [0.05, 0.1) is 11.2 Å². The number of halogens is 2. The number of rotatable bonds is 2. The van der Waals surface area contributed by atoms with E-state index in [0.29, 0.717) is 46.2 Å². The van der Waals surface area contributed by atoms with Gasteiger partial charge in [0, 0.05) is 15.9 Å². The number of nitrogens with one attached hydrogen (secondary N) is 1. The van der Waals surface area contributed by atoms with Gasteiger partial charge in [-0.1, -0.05) is 15.9 Å². The molecule has 1 aliphatic heterocycles. The Kier molecular flexibility index (Phi) is 3.49. The number of hydrogen-bond acceptors (Lipinski definition) is 5. The van der Waals surface area contributed by atoms with Gasteiger partial charge in [-0.25, -0.2) is 14.4 Å². The summed E-state index contributed by atoms with van der Waals surface area (Å²) in [5.41, 5.74) is 1.03. The van der Waals surface area contributed by atoms with Crippen molar-refractivity contribution < 1.29 is 13.9 Å². The molecule has 1 aromatic heterocycles. The molecule has 2 aromatic carbocycles. The molecule has 0 radical (unpaired) electrons. The number of fused-ring (bicyclic) bond motifs is 2. The van der Waals surface area contributed by atoms with Crippen molar-refractivity contribution in [2.24, 2.45) is 0 Å². The van der Waals surface area contributed by atoms with Crippen molar-refractivity contribution in [1.29, 1.82) is 0 Å². The molecule has 0 aliphatic carbocycles. The molecule has 0 amide bonds. The molecule has 1 aliphatic rings. The number of benzene rings is 2. The normalized spacial score (nSPS) is 13.1. The van der Waals surface area contributed by atoms with Crippen molar-refractivity contribution in [3.05, 3.63) is 46.9 Å². The van der Waals surface area contributed by atoms with Crippen LogP contribution in [0.1, 0.15) is 0 Å². The average Bonchev–Trinajstić information content (AvgIpc) is 2.56. The number of aromatic nitrogens is 2. The van der Waals surface area contributed by atoms with Crippen LogP contribution in [0.25, 0.3) is 10.9 Å². The lowest BCUT2D eigenvalue weighted by atomic mass is 10.2. The van der Waals surface area contributed by atoms with Crippen LogP contribution in [0, 0.1) is 5.82 Å². The molecule has 116 valence electrons. The minimum atomic E-state index is -0.372. The molecule has 7 heteroatoms. The molecule has 5 nitrogen and oxygen atoms in total. The largest absolute Gasteiger partial charge is 0.486 e. The second kappa shape index (κ2) is 5.66. The van der Waals surface area contributed by atoms with Gasteiger partial charge in [0.2, 0.25) is 0 Å². The molecular weight excluding hydrogens is 365 g/mol. The van der Waals surface area contributed by atoms with Crippen LogP contribution in [0.3, 0.4) is 0 Å². The molecule has 23 heavy (non-hydrogen) atoms. The van der Waals surface area contributed by atoms with Crippen molar-refractivity contribution in [2.75, 3.05) is 18.5 Å². The van der Waals surface area contributed by atoms with Crippen molar-refractivity contribution in [3.63, 3.8) is 0 Å². The van der Waals surface area contributed by atoms with E-state index in [1.54, 1.807) is 18.2 Å². The van der Waals surface area contributed by atoms with Gasteiger partial charge < -0.3 is 14.8 Å². The summed E-state index contributed by atoms with van der Waals surface area (Å²) < 4.78 is 25.8. The molecule has 0 saturated heterocycles. The summed E-state index contributed by atoms with van der Waals surface area (Å²) >= 11 is 3.24. The maximum absolute atomic E-state index is 14.0. The number of ether oxygens (including phenoxy) is 2. The zero-order chi connectivity index (χ0) is 15.8. The summed E-state index contributed by atoms with van der Waals surface area (Å²) in [6.45, 7) is 1.01. The Balaban J connectivity index is 1.80. The standard InChI is InChI=1S/C16H11BrFN3O2/c17-9-1-2-12(11(18)5-9)21-16-10-6-14-15(23-4-3-22-14)7-13(10)19-8-20-16/h1-2,5-8H,3-4H2,(H,19,20,21). The van der Waals surface area contributed by atoms with E-state index >= 15 is 0 Å². The van der Waals surface area contributed by atoms with Crippen LogP contribution >= 0.6 is 15.9 Å². The topological polar surface area (TPSA) is 56.3 Å². The van der Waals surface area contributed by atoms with Crippen molar-refractivity contribution in [2.45, 2.75) is 0 Å². The summed E-state index contributed by atoms with van der Waals surface area (Å²) in [6, 6.07) is 8.40. The zero-order valence-corrected chi connectivity index (χ0v) is 13.4. The second-order valence-corrected chi connectivity index (χ2v) is 5.90. The molecule has 4 rings (SSSR count). The van der Waals surface area contributed by atoms with Crippen molar-refractivity contribution in [1.82, 2.24) is 9.97 Å². The van der Waals surface area contributed by atoms with Crippen LogP contribution in [0.2, 0.25) is 0 Å². The Bertz CT molecular complexity index is 904. The molecular formula is C16H11BrFN3O2. The van der Waals surface area contributed by atoms with Crippen LogP contribution in [0.15, 0.2) is 41.1 Å². The van der Waals surface area contributed by atoms with Crippen LogP contribution in [0.4, 0.5) is 15.9 Å². The van der Waals surface area contributed by atoms with E-state index in [4.69, 9.17) is 9.47 Å². The highest BCUT2D eigenvalue weighted by Gasteiger charge is 2.16. The third-order valence-corrected chi connectivity index (χ3v) is 3.98. The van der Waals surface area contributed by atoms with E-state index in [9.17, 15) is 4.39 Å². The Morgan fingerprint density at radius 3 is 2.61 bits per heavy atom. The van der Waals surface area contributed by atoms with Crippen LogP contribution < -0.4 is 14.8 Å². The fraction of sp³-hybridized carbons (Fsp3) is 0.125. The summed E-state index contributed by atoms with van der Waals surface area (Å²) in [5.74, 6) is 1.43. The zero-order valence-electron chi connectivity index (χ0n) is 11.8. The van der Waals surface area contributed by atoms with E-state index in [1.165, 1.54) is 12.4 Å². The maximum atomic E-state index is 14.0. The SMILES string of the molecule is Fc1cc(Br)ccc1Nc1ncnc2cc3c(cc12)OCCO3. The fourth-order valence-corrected chi connectivity index (χ4v) is 2.74. The van der Waals surface area contributed by atoms with Gasteiger partial charge in [0.1, 0.15) is 31.2 Å². The Morgan fingerprint density at radius 1 is 1.04 bits per heavy atom. The fourth-order valence-electron chi connectivity index (χ4n) is 2.41. The third kappa shape index (κ3) is 2.68. The minimum Gasteiger partial charge on any atom is -0.486 e. The smallest absolute Gasteiger partial charge is 0.163 e. The average molecular weight is 376 g/mol. The molecule has 0 atom stereocenters. The van der Waals surface area contributed by atoms with Gasteiger partial charge in [-0.2, -0.15) is 0 Å². The van der Waals surface area contributed by atoms with Gasteiger partial charge in [-0.05, 0) is 24.3 Å². The van der Waals surface area contributed by atoms with E-state index in [-0.39, 0.29) is 5.82 Å². The van der Waals surface area contributed by atoms with E-state index in [1.807, 2.05) is 6.07 Å². The first-order valence-corrected chi connectivity index (χ1v) is 7.76. The van der Waals surface area contributed by atoms with Crippen LogP contribution in [-0.4, -0.2) is 23.2 Å². The molecule has 0 unspecified atom stereocenters. The number of anilines is 2. The Labute approximate surface area is 139 Å². The number of hydrogen-bond donors (Lipinski definition) is 1. The molecule has 1 N–H and O–H groups in total. The monoisotopic (exact) mass is 375 g/mol. The minimum absolute atomic E-state index is 0.336. The summed E-state index contributed by atoms with van der Waals surface area (Å²) in [4.78, 5) is 8.46. The lowest BCUT2D eigenvalue weighted by Crippen LogP contribution is -2.15. The van der Waals surface area contributed by atoms with Gasteiger partial charge in [-0.3, -0.25) is 0 Å². The molecule has 0 spiro atoms.